The van der Waals surface area contributed by atoms with Crippen molar-refractivity contribution < 1.29 is 4.79 Å². The molecule has 2 aromatic rings. The first-order valence-electron chi connectivity index (χ1n) is 9.79. The summed E-state index contributed by atoms with van der Waals surface area (Å²) in [6.45, 7) is 9.40. The van der Waals surface area contributed by atoms with Crippen LogP contribution in [0.5, 0.6) is 0 Å². The molecule has 0 saturated carbocycles. The number of aromatic nitrogens is 2. The maximum atomic E-state index is 13.0. The molecule has 2 aliphatic heterocycles. The number of amides is 1. The summed E-state index contributed by atoms with van der Waals surface area (Å²) in [6.07, 6.45) is 0. The third kappa shape index (κ3) is 4.20. The van der Waals surface area contributed by atoms with Crippen LogP contribution in [0.4, 0.5) is 0 Å². The lowest BCUT2D eigenvalue weighted by Crippen LogP contribution is -2.49. The number of benzene rings is 1. The molecular weight excluding hydrogens is 358 g/mol. The zero-order valence-electron chi connectivity index (χ0n) is 15.8. The third-order valence-electron chi connectivity index (χ3n) is 5.93. The van der Waals surface area contributed by atoms with E-state index in [2.05, 4.69) is 50.6 Å². The number of rotatable bonds is 5. The molecule has 144 valence electrons. The summed E-state index contributed by atoms with van der Waals surface area (Å²) in [5, 5.41) is 6.34. The fourth-order valence-corrected chi connectivity index (χ4v) is 4.75. The minimum Gasteiger partial charge on any atom is -0.340 e. The van der Waals surface area contributed by atoms with Crippen LogP contribution in [0.15, 0.2) is 35.7 Å². The topological polar surface area (TPSA) is 52.6 Å². The monoisotopic (exact) mass is 385 g/mol. The summed E-state index contributed by atoms with van der Waals surface area (Å²) in [4.78, 5) is 19.8. The van der Waals surface area contributed by atoms with Crippen molar-refractivity contribution in [2.24, 2.45) is 0 Å². The summed E-state index contributed by atoms with van der Waals surface area (Å²) in [7, 11) is 0. The van der Waals surface area contributed by atoms with Gasteiger partial charge in [-0.1, -0.05) is 41.7 Å². The van der Waals surface area contributed by atoms with Crippen LogP contribution in [-0.4, -0.2) is 82.6 Å². The highest BCUT2D eigenvalue weighted by Crippen LogP contribution is 2.39. The van der Waals surface area contributed by atoms with Crippen LogP contribution >= 0.6 is 11.5 Å². The predicted octanol–water partition coefficient (Wildman–Crippen LogP) is 1.89. The maximum absolute atomic E-state index is 13.0. The third-order valence-corrected chi connectivity index (χ3v) is 6.45. The summed E-state index contributed by atoms with van der Waals surface area (Å²) in [6, 6.07) is 10.5. The van der Waals surface area contributed by atoms with E-state index in [-0.39, 0.29) is 17.7 Å². The van der Waals surface area contributed by atoms with E-state index in [1.54, 1.807) is 0 Å². The second kappa shape index (κ2) is 8.46. The average molecular weight is 386 g/mol. The molecule has 3 heterocycles. The number of likely N-dealkylation sites (N-methyl/N-ethyl adjacent to an activating group) is 1. The van der Waals surface area contributed by atoms with Gasteiger partial charge in [0.1, 0.15) is 0 Å². The highest BCUT2D eigenvalue weighted by Gasteiger charge is 2.38. The molecule has 2 aliphatic rings. The van der Waals surface area contributed by atoms with Crippen molar-refractivity contribution in [1.82, 2.24) is 24.3 Å². The van der Waals surface area contributed by atoms with Crippen LogP contribution in [0.3, 0.4) is 0 Å². The van der Waals surface area contributed by atoms with E-state index in [1.165, 1.54) is 17.1 Å². The van der Waals surface area contributed by atoms with Gasteiger partial charge >= 0.3 is 0 Å². The molecule has 7 heteroatoms. The maximum Gasteiger partial charge on any atom is 0.236 e. The van der Waals surface area contributed by atoms with Gasteiger partial charge in [-0.05, 0) is 23.6 Å². The molecule has 0 spiro atoms. The Morgan fingerprint density at radius 1 is 1.07 bits per heavy atom. The first-order chi connectivity index (χ1) is 13.2. The van der Waals surface area contributed by atoms with E-state index >= 15 is 0 Å². The van der Waals surface area contributed by atoms with Crippen molar-refractivity contribution in [2.75, 3.05) is 52.4 Å². The van der Waals surface area contributed by atoms with Gasteiger partial charge < -0.3 is 9.80 Å². The normalized spacial score (nSPS) is 24.4. The summed E-state index contributed by atoms with van der Waals surface area (Å²) in [5.41, 5.74) is 2.29. The molecule has 0 unspecified atom stereocenters. The fraction of sp³-hybridized carbons (Fsp3) is 0.550. The largest absolute Gasteiger partial charge is 0.340 e. The van der Waals surface area contributed by atoms with Gasteiger partial charge in [0, 0.05) is 56.5 Å². The standard InChI is InChI=1S/C20H27N5OS/c1-2-23-8-10-24(11-9-23)14-20(26)25-12-17(16-6-4-3-5-7-16)18(13-25)19-15-27-22-21-19/h3-7,15,17-18H,2,8-14H2,1H3/t17-,18+/m0/s1. The van der Waals surface area contributed by atoms with E-state index < -0.39 is 0 Å². The van der Waals surface area contributed by atoms with Crippen LogP contribution in [0.25, 0.3) is 0 Å². The Hall–Kier alpha value is -1.83. The molecule has 0 radical (unpaired) electrons. The van der Waals surface area contributed by atoms with Crippen LogP contribution in [0.1, 0.15) is 30.0 Å². The minimum atomic E-state index is 0.229. The molecule has 0 bridgehead atoms. The number of likely N-dealkylation sites (tertiary alicyclic amines) is 1. The Balaban J connectivity index is 1.44. The smallest absolute Gasteiger partial charge is 0.236 e. The molecule has 0 N–H and O–H groups in total. The number of carbonyl (C=O) groups is 1. The Bertz CT molecular complexity index is 730. The fourth-order valence-electron chi connectivity index (χ4n) is 4.23. The van der Waals surface area contributed by atoms with Gasteiger partial charge in [-0.25, -0.2) is 0 Å². The van der Waals surface area contributed by atoms with Gasteiger partial charge in [0.2, 0.25) is 5.91 Å². The molecule has 1 aromatic carbocycles. The van der Waals surface area contributed by atoms with E-state index in [1.807, 2.05) is 16.3 Å². The number of piperazine rings is 1. The van der Waals surface area contributed by atoms with Crippen molar-refractivity contribution in [1.29, 1.82) is 0 Å². The molecular formula is C20H27N5OS. The van der Waals surface area contributed by atoms with Gasteiger partial charge in [0.05, 0.1) is 12.2 Å². The van der Waals surface area contributed by atoms with Gasteiger partial charge in [-0.3, -0.25) is 9.69 Å². The Kier molecular flexibility index (Phi) is 5.80. The molecule has 6 nitrogen and oxygen atoms in total. The molecule has 1 amide bonds. The molecule has 4 rings (SSSR count). The zero-order valence-corrected chi connectivity index (χ0v) is 16.6. The highest BCUT2D eigenvalue weighted by molar-refractivity contribution is 7.03. The van der Waals surface area contributed by atoms with Crippen molar-refractivity contribution >= 4 is 17.4 Å². The van der Waals surface area contributed by atoms with Crippen molar-refractivity contribution in [2.45, 2.75) is 18.8 Å². The van der Waals surface area contributed by atoms with Gasteiger partial charge in [-0.2, -0.15) is 0 Å². The molecule has 0 aliphatic carbocycles. The van der Waals surface area contributed by atoms with Gasteiger partial charge in [0.15, 0.2) is 0 Å². The van der Waals surface area contributed by atoms with Gasteiger partial charge in [-0.15, -0.1) is 5.10 Å². The first-order valence-corrected chi connectivity index (χ1v) is 10.6. The van der Waals surface area contributed by atoms with Crippen LogP contribution < -0.4 is 0 Å². The Morgan fingerprint density at radius 2 is 1.78 bits per heavy atom. The lowest BCUT2D eigenvalue weighted by molar-refractivity contribution is -0.131. The SMILES string of the molecule is CCN1CCN(CC(=O)N2C[C@@H](c3ccccc3)[C@H](c3csnn3)C2)CC1. The molecule has 2 fully saturated rings. The van der Waals surface area contributed by atoms with Crippen LogP contribution in [0.2, 0.25) is 0 Å². The lowest BCUT2D eigenvalue weighted by atomic mass is 9.87. The summed E-state index contributed by atoms with van der Waals surface area (Å²) < 4.78 is 4.05. The zero-order chi connectivity index (χ0) is 18.6. The van der Waals surface area contributed by atoms with Crippen molar-refractivity contribution in [3.8, 4) is 0 Å². The Labute approximate surface area is 164 Å². The predicted molar refractivity (Wildman–Crippen MR) is 107 cm³/mol. The van der Waals surface area contributed by atoms with Crippen molar-refractivity contribution in [3.05, 3.63) is 47.0 Å². The van der Waals surface area contributed by atoms with E-state index in [4.69, 9.17) is 0 Å². The molecule has 2 atom stereocenters. The van der Waals surface area contributed by atoms with Crippen LogP contribution in [-0.2, 0) is 4.79 Å². The number of hydrogen-bond donors (Lipinski definition) is 0. The average Bonchev–Trinajstić information content (AvgIpc) is 3.39. The first kappa shape index (κ1) is 18.5. The number of hydrogen-bond acceptors (Lipinski definition) is 6. The molecule has 27 heavy (non-hydrogen) atoms. The van der Waals surface area contributed by atoms with Crippen LogP contribution in [0, 0.1) is 0 Å². The lowest BCUT2D eigenvalue weighted by Gasteiger charge is -2.34. The quantitative estimate of drug-likeness (QED) is 0.787. The second-order valence-corrected chi connectivity index (χ2v) is 8.07. The minimum absolute atomic E-state index is 0.229. The van der Waals surface area contributed by atoms with E-state index in [9.17, 15) is 4.79 Å². The molecule has 1 aromatic heterocycles. The van der Waals surface area contributed by atoms with E-state index in [0.717, 1.165) is 51.5 Å². The summed E-state index contributed by atoms with van der Waals surface area (Å²) in [5.74, 6) is 0.759. The second-order valence-electron chi connectivity index (χ2n) is 7.46. The van der Waals surface area contributed by atoms with E-state index in [0.29, 0.717) is 6.54 Å². The van der Waals surface area contributed by atoms with Crippen molar-refractivity contribution in [3.63, 3.8) is 0 Å². The molecule has 2 saturated heterocycles. The Morgan fingerprint density at radius 3 is 2.44 bits per heavy atom. The summed E-state index contributed by atoms with van der Waals surface area (Å²) >= 11 is 1.39. The number of nitrogens with zero attached hydrogens (tertiary/aromatic N) is 5. The highest BCUT2D eigenvalue weighted by atomic mass is 32.1. The van der Waals surface area contributed by atoms with Gasteiger partial charge in [0.25, 0.3) is 0 Å². The number of carbonyl (C=O) groups excluding carboxylic acids is 1.